The summed E-state index contributed by atoms with van der Waals surface area (Å²) in [4.78, 5) is 39.7. The highest BCUT2D eigenvalue weighted by Gasteiger charge is 2.25. The molecule has 0 atom stereocenters. The van der Waals surface area contributed by atoms with E-state index in [9.17, 15) is 9.59 Å². The van der Waals surface area contributed by atoms with Gasteiger partial charge in [0.05, 0.1) is 18.8 Å². The van der Waals surface area contributed by atoms with Gasteiger partial charge in [-0.05, 0) is 19.1 Å². The van der Waals surface area contributed by atoms with Crippen LogP contribution in [0, 0.1) is 0 Å². The van der Waals surface area contributed by atoms with Gasteiger partial charge in [-0.25, -0.2) is 0 Å². The summed E-state index contributed by atoms with van der Waals surface area (Å²) in [5.41, 5.74) is 0.959. The van der Waals surface area contributed by atoms with Gasteiger partial charge in [0.25, 0.3) is 11.5 Å². The number of para-hydroxylation sites is 1. The van der Waals surface area contributed by atoms with Crippen molar-refractivity contribution in [3.05, 3.63) is 40.2 Å². The number of fused-ring (bicyclic) bond motifs is 1. The van der Waals surface area contributed by atoms with Crippen LogP contribution in [0.5, 0.6) is 11.8 Å². The van der Waals surface area contributed by atoms with E-state index in [4.69, 9.17) is 14.5 Å². The Bertz CT molecular complexity index is 1260. The summed E-state index contributed by atoms with van der Waals surface area (Å²) in [7, 11) is 1.62. The van der Waals surface area contributed by atoms with E-state index in [1.165, 1.54) is 4.57 Å². The van der Waals surface area contributed by atoms with Crippen molar-refractivity contribution in [3.63, 3.8) is 0 Å². The number of anilines is 1. The lowest BCUT2D eigenvalue weighted by molar-refractivity contribution is 0.0301. The van der Waals surface area contributed by atoms with Crippen LogP contribution < -0.4 is 20.5 Å². The van der Waals surface area contributed by atoms with Gasteiger partial charge in [-0.15, -0.1) is 0 Å². The fraction of sp³-hybridized carbons (Fsp3) is 0.478. The first-order chi connectivity index (χ1) is 16.6. The Morgan fingerprint density at radius 3 is 2.59 bits per heavy atom. The number of hydrogen-bond acceptors (Lipinski definition) is 8. The van der Waals surface area contributed by atoms with Crippen LogP contribution in [-0.2, 0) is 18.3 Å². The SMILES string of the molecule is CCn1c(N2CCNCC2)nc2nc(Oc3ccccc3C(=O)N3CCOCC3)n(C)c(=O)c21. The quantitative estimate of drug-likeness (QED) is 0.588. The number of morpholine rings is 1. The smallest absolute Gasteiger partial charge is 0.306 e. The van der Waals surface area contributed by atoms with E-state index >= 15 is 0 Å². The maximum atomic E-state index is 13.3. The molecular weight excluding hydrogens is 438 g/mol. The molecule has 180 valence electrons. The van der Waals surface area contributed by atoms with Crippen LogP contribution in [-0.4, -0.2) is 82.4 Å². The van der Waals surface area contributed by atoms with Crippen LogP contribution in [0.25, 0.3) is 11.2 Å². The lowest BCUT2D eigenvalue weighted by Gasteiger charge is -2.28. The molecule has 1 aromatic carbocycles. The lowest BCUT2D eigenvalue weighted by Crippen LogP contribution is -2.44. The summed E-state index contributed by atoms with van der Waals surface area (Å²) in [5, 5.41) is 3.33. The third kappa shape index (κ3) is 4.01. The van der Waals surface area contributed by atoms with E-state index in [1.54, 1.807) is 36.2 Å². The number of rotatable bonds is 5. The molecule has 11 nitrogen and oxygen atoms in total. The van der Waals surface area contributed by atoms with Crippen LogP contribution in [0.15, 0.2) is 29.1 Å². The number of carbonyl (C=O) groups excluding carboxylic acids is 1. The summed E-state index contributed by atoms with van der Waals surface area (Å²) in [6.07, 6.45) is 0. The summed E-state index contributed by atoms with van der Waals surface area (Å²) in [6, 6.07) is 7.10. The van der Waals surface area contributed by atoms with Crippen molar-refractivity contribution in [2.24, 2.45) is 7.05 Å². The molecule has 11 heteroatoms. The van der Waals surface area contributed by atoms with Gasteiger partial charge in [0, 0.05) is 52.9 Å². The highest BCUT2D eigenvalue weighted by molar-refractivity contribution is 5.97. The second-order valence-electron chi connectivity index (χ2n) is 8.33. The van der Waals surface area contributed by atoms with Gasteiger partial charge in [0.2, 0.25) is 5.95 Å². The van der Waals surface area contributed by atoms with Gasteiger partial charge in [-0.2, -0.15) is 9.97 Å². The number of piperazine rings is 1. The van der Waals surface area contributed by atoms with E-state index in [2.05, 4.69) is 15.2 Å². The van der Waals surface area contributed by atoms with Gasteiger partial charge in [-0.1, -0.05) is 12.1 Å². The summed E-state index contributed by atoms with van der Waals surface area (Å²) < 4.78 is 14.7. The third-order valence-electron chi connectivity index (χ3n) is 6.26. The molecule has 34 heavy (non-hydrogen) atoms. The van der Waals surface area contributed by atoms with Crippen molar-refractivity contribution >= 4 is 23.0 Å². The second-order valence-corrected chi connectivity index (χ2v) is 8.33. The molecule has 2 saturated heterocycles. The number of aryl methyl sites for hydroxylation is 1. The van der Waals surface area contributed by atoms with E-state index in [0.29, 0.717) is 55.3 Å². The van der Waals surface area contributed by atoms with E-state index in [0.717, 1.165) is 32.1 Å². The van der Waals surface area contributed by atoms with Crippen molar-refractivity contribution in [2.75, 3.05) is 57.4 Å². The fourth-order valence-corrected chi connectivity index (χ4v) is 4.39. The van der Waals surface area contributed by atoms with Crippen molar-refractivity contribution in [1.82, 2.24) is 29.3 Å². The summed E-state index contributed by atoms with van der Waals surface area (Å²) >= 11 is 0. The highest BCUT2D eigenvalue weighted by atomic mass is 16.5. The Hall–Kier alpha value is -3.44. The zero-order valence-electron chi connectivity index (χ0n) is 19.5. The van der Waals surface area contributed by atoms with Crippen LogP contribution >= 0.6 is 0 Å². The van der Waals surface area contributed by atoms with Crippen molar-refractivity contribution in [2.45, 2.75) is 13.5 Å². The van der Waals surface area contributed by atoms with Crippen LogP contribution in [0.4, 0.5) is 5.95 Å². The number of ether oxygens (including phenoxy) is 2. The topological polar surface area (TPSA) is 107 Å². The highest BCUT2D eigenvalue weighted by Crippen LogP contribution is 2.27. The Labute approximate surface area is 196 Å². The van der Waals surface area contributed by atoms with Crippen LogP contribution in [0.1, 0.15) is 17.3 Å². The molecular formula is C23H29N7O4. The van der Waals surface area contributed by atoms with Crippen molar-refractivity contribution in [1.29, 1.82) is 0 Å². The van der Waals surface area contributed by atoms with E-state index < -0.39 is 0 Å². The van der Waals surface area contributed by atoms with Crippen LogP contribution in [0.2, 0.25) is 0 Å². The van der Waals surface area contributed by atoms with Gasteiger partial charge in [0.15, 0.2) is 11.2 Å². The molecule has 4 heterocycles. The second kappa shape index (κ2) is 9.43. The first-order valence-corrected chi connectivity index (χ1v) is 11.6. The van der Waals surface area contributed by atoms with Gasteiger partial charge in [0.1, 0.15) is 5.75 Å². The summed E-state index contributed by atoms with van der Waals surface area (Å²) in [5.74, 6) is 0.947. The number of imidazole rings is 1. The number of hydrogen-bond donors (Lipinski definition) is 1. The standard InChI is InChI=1S/C23H29N7O4/c1-3-30-18-19(25-22(30)29-10-8-24-9-11-29)26-23(27(2)21(18)32)34-17-7-5-4-6-16(17)20(31)28-12-14-33-15-13-28/h4-7,24H,3,8-15H2,1-2H3. The molecule has 2 aliphatic heterocycles. The number of nitrogens with one attached hydrogen (secondary N) is 1. The van der Waals surface area contributed by atoms with Gasteiger partial charge in [-0.3, -0.25) is 14.2 Å². The van der Waals surface area contributed by atoms with E-state index in [-0.39, 0.29) is 17.5 Å². The molecule has 1 amide bonds. The first kappa shape index (κ1) is 22.4. The largest absolute Gasteiger partial charge is 0.425 e. The van der Waals surface area contributed by atoms with Crippen molar-refractivity contribution in [3.8, 4) is 11.8 Å². The molecule has 0 unspecified atom stereocenters. The third-order valence-corrected chi connectivity index (χ3v) is 6.26. The minimum absolute atomic E-state index is 0.0901. The number of aromatic nitrogens is 4. The Kier molecular flexibility index (Phi) is 6.20. The molecule has 0 saturated carbocycles. The van der Waals surface area contributed by atoms with Crippen molar-refractivity contribution < 1.29 is 14.3 Å². The number of amides is 1. The Morgan fingerprint density at radius 1 is 1.12 bits per heavy atom. The fourth-order valence-electron chi connectivity index (χ4n) is 4.39. The number of carbonyl (C=O) groups is 1. The monoisotopic (exact) mass is 467 g/mol. The van der Waals surface area contributed by atoms with Crippen LogP contribution in [0.3, 0.4) is 0 Å². The predicted molar refractivity (Wildman–Crippen MR) is 127 cm³/mol. The number of nitrogens with zero attached hydrogens (tertiary/aromatic N) is 6. The molecule has 2 aliphatic rings. The minimum atomic E-state index is -0.243. The van der Waals surface area contributed by atoms with E-state index in [1.807, 2.05) is 11.5 Å². The molecule has 5 rings (SSSR count). The maximum absolute atomic E-state index is 13.3. The molecule has 0 spiro atoms. The Morgan fingerprint density at radius 2 is 1.85 bits per heavy atom. The zero-order valence-corrected chi connectivity index (χ0v) is 19.5. The molecule has 3 aromatic rings. The Balaban J connectivity index is 1.52. The molecule has 1 N–H and O–H groups in total. The lowest BCUT2D eigenvalue weighted by atomic mass is 10.1. The molecule has 0 aliphatic carbocycles. The average Bonchev–Trinajstić information content (AvgIpc) is 3.26. The normalized spacial score (nSPS) is 16.8. The maximum Gasteiger partial charge on any atom is 0.306 e. The van der Waals surface area contributed by atoms with Gasteiger partial charge >= 0.3 is 6.01 Å². The number of benzene rings is 1. The average molecular weight is 468 g/mol. The first-order valence-electron chi connectivity index (χ1n) is 11.6. The molecule has 2 fully saturated rings. The predicted octanol–water partition coefficient (Wildman–Crippen LogP) is 0.824. The minimum Gasteiger partial charge on any atom is -0.425 e. The zero-order chi connectivity index (χ0) is 23.7. The molecule has 0 bridgehead atoms. The molecule has 2 aromatic heterocycles. The summed E-state index contributed by atoms with van der Waals surface area (Å²) in [6.45, 7) is 8.01. The molecule has 0 radical (unpaired) electrons. The van der Waals surface area contributed by atoms with Gasteiger partial charge < -0.3 is 29.2 Å².